The van der Waals surface area contributed by atoms with Crippen LogP contribution in [0.4, 0.5) is 4.39 Å². The van der Waals surface area contributed by atoms with E-state index in [1.165, 1.54) is 22.5 Å². The van der Waals surface area contributed by atoms with Gasteiger partial charge in [0.1, 0.15) is 5.82 Å². The number of fused-ring (bicyclic) bond motifs is 2. The van der Waals surface area contributed by atoms with Crippen LogP contribution in [0, 0.1) is 5.82 Å². The highest BCUT2D eigenvalue weighted by Gasteiger charge is 2.35. The van der Waals surface area contributed by atoms with Crippen molar-refractivity contribution in [3.05, 3.63) is 65.1 Å². The summed E-state index contributed by atoms with van der Waals surface area (Å²) in [5.74, 6) is -0.247. The number of nitrogens with zero attached hydrogens (tertiary/aromatic N) is 3. The molecule has 2 aromatic carbocycles. The Bertz CT molecular complexity index is 1070. The Morgan fingerprint density at radius 2 is 1.69 bits per heavy atom. The summed E-state index contributed by atoms with van der Waals surface area (Å²) in [7, 11) is 0. The van der Waals surface area contributed by atoms with E-state index in [0.29, 0.717) is 30.1 Å². The van der Waals surface area contributed by atoms with Crippen molar-refractivity contribution in [2.24, 2.45) is 0 Å². The van der Waals surface area contributed by atoms with Crippen molar-refractivity contribution in [1.82, 2.24) is 14.2 Å². The minimum atomic E-state index is -0.226. The first-order chi connectivity index (χ1) is 14.1. The maximum absolute atomic E-state index is 13.4. The maximum Gasteiger partial charge on any atom is 0.261 e. The van der Waals surface area contributed by atoms with Gasteiger partial charge in [-0.15, -0.1) is 0 Å². The third-order valence-corrected chi connectivity index (χ3v) is 6.78. The maximum atomic E-state index is 13.4. The molecule has 0 N–H and O–H groups in total. The Balaban J connectivity index is 1.20. The molecule has 0 atom stereocenters. The van der Waals surface area contributed by atoms with Gasteiger partial charge in [0.2, 0.25) is 0 Å². The fourth-order valence-corrected chi connectivity index (χ4v) is 5.22. The molecular formula is C22H20FN3O2S. The van der Waals surface area contributed by atoms with Gasteiger partial charge in [0, 0.05) is 24.4 Å². The monoisotopic (exact) mass is 409 g/mol. The van der Waals surface area contributed by atoms with E-state index in [9.17, 15) is 14.0 Å². The van der Waals surface area contributed by atoms with Crippen LogP contribution in [-0.2, 0) is 0 Å². The number of aromatic nitrogens is 1. The zero-order valence-electron chi connectivity index (χ0n) is 15.8. The van der Waals surface area contributed by atoms with Gasteiger partial charge in [-0.25, -0.2) is 4.39 Å². The molecule has 0 unspecified atom stereocenters. The molecule has 148 valence electrons. The van der Waals surface area contributed by atoms with E-state index >= 15 is 0 Å². The molecule has 3 aromatic rings. The zero-order valence-corrected chi connectivity index (χ0v) is 16.6. The van der Waals surface area contributed by atoms with E-state index in [0.717, 1.165) is 41.7 Å². The Morgan fingerprint density at radius 1 is 1.00 bits per heavy atom. The Kier molecular flexibility index (Phi) is 4.64. The lowest BCUT2D eigenvalue weighted by Gasteiger charge is -2.32. The van der Waals surface area contributed by atoms with Crippen LogP contribution in [0.15, 0.2) is 42.5 Å². The molecule has 7 heteroatoms. The van der Waals surface area contributed by atoms with Crippen LogP contribution in [0.2, 0.25) is 0 Å². The molecule has 29 heavy (non-hydrogen) atoms. The highest BCUT2D eigenvalue weighted by molar-refractivity contribution is 7.13. The third-order valence-electron chi connectivity index (χ3n) is 5.95. The van der Waals surface area contributed by atoms with E-state index < -0.39 is 0 Å². The van der Waals surface area contributed by atoms with Crippen LogP contribution in [0.3, 0.4) is 0 Å². The van der Waals surface area contributed by atoms with Crippen molar-refractivity contribution >= 4 is 33.4 Å². The second kappa shape index (κ2) is 7.31. The lowest BCUT2D eigenvalue weighted by Crippen LogP contribution is -2.41. The normalized spacial score (nSPS) is 18.0. The molecular weight excluding hydrogens is 389 g/mol. The predicted molar refractivity (Wildman–Crippen MR) is 110 cm³/mol. The number of rotatable bonds is 4. The molecule has 0 aliphatic carbocycles. The second-order valence-electron chi connectivity index (χ2n) is 7.63. The number of carbonyl (C=O) groups excluding carboxylic acids is 2. The highest BCUT2D eigenvalue weighted by Crippen LogP contribution is 2.34. The molecule has 1 saturated heterocycles. The fourth-order valence-electron chi connectivity index (χ4n) is 4.34. The van der Waals surface area contributed by atoms with Gasteiger partial charge in [-0.1, -0.05) is 12.1 Å². The molecule has 3 heterocycles. The summed E-state index contributed by atoms with van der Waals surface area (Å²) in [5.41, 5.74) is 2.08. The number of hydrogen-bond acceptors (Lipinski definition) is 5. The molecule has 1 fully saturated rings. The Morgan fingerprint density at radius 3 is 2.38 bits per heavy atom. The molecule has 0 saturated carbocycles. The number of benzene rings is 2. The first-order valence-corrected chi connectivity index (χ1v) is 10.6. The lowest BCUT2D eigenvalue weighted by molar-refractivity contribution is 0.0629. The summed E-state index contributed by atoms with van der Waals surface area (Å²) in [6.07, 6.45) is 1.94. The van der Waals surface area contributed by atoms with Crippen molar-refractivity contribution in [2.75, 3.05) is 26.2 Å². The SMILES string of the molecule is O=C1c2ccccc2C(=O)N1CCN1CCC(c2nsc3cc(F)ccc23)CC1. The number of piperidine rings is 1. The molecule has 0 radical (unpaired) electrons. The molecule has 1 aromatic heterocycles. The molecule has 2 aliphatic heterocycles. The smallest absolute Gasteiger partial charge is 0.261 e. The van der Waals surface area contributed by atoms with E-state index in [1.54, 1.807) is 30.3 Å². The van der Waals surface area contributed by atoms with Gasteiger partial charge in [0.15, 0.2) is 0 Å². The first kappa shape index (κ1) is 18.4. The topological polar surface area (TPSA) is 53.5 Å². The molecule has 0 spiro atoms. The number of imide groups is 1. The summed E-state index contributed by atoms with van der Waals surface area (Å²) in [5, 5.41) is 1.06. The molecule has 0 bridgehead atoms. The molecule has 2 amide bonds. The van der Waals surface area contributed by atoms with Crippen LogP contribution < -0.4 is 0 Å². The number of carbonyl (C=O) groups is 2. The van der Waals surface area contributed by atoms with Crippen LogP contribution in [-0.4, -0.2) is 52.2 Å². The van der Waals surface area contributed by atoms with Crippen molar-refractivity contribution in [3.63, 3.8) is 0 Å². The standard InChI is InChI=1S/C22H20FN3O2S/c23-15-5-6-18-19(13-15)29-24-20(18)14-7-9-25(10-8-14)11-12-26-21(27)16-3-1-2-4-17(16)22(26)28/h1-6,13-14H,7-12H2. The van der Waals surface area contributed by atoms with Crippen molar-refractivity contribution in [2.45, 2.75) is 18.8 Å². The number of amides is 2. The van der Waals surface area contributed by atoms with Crippen molar-refractivity contribution in [3.8, 4) is 0 Å². The number of halogens is 1. The fraction of sp³-hybridized carbons (Fsp3) is 0.318. The highest BCUT2D eigenvalue weighted by atomic mass is 32.1. The van der Waals surface area contributed by atoms with Gasteiger partial charge in [0.25, 0.3) is 11.8 Å². The van der Waals surface area contributed by atoms with E-state index in [1.807, 2.05) is 6.07 Å². The van der Waals surface area contributed by atoms with Crippen LogP contribution >= 0.6 is 11.5 Å². The third kappa shape index (κ3) is 3.24. The van der Waals surface area contributed by atoms with Gasteiger partial charge in [-0.05, 0) is 67.8 Å². The van der Waals surface area contributed by atoms with Gasteiger partial charge in [-0.3, -0.25) is 14.5 Å². The Hall–Kier alpha value is -2.64. The molecule has 2 aliphatic rings. The van der Waals surface area contributed by atoms with Gasteiger partial charge in [0.05, 0.1) is 21.5 Å². The summed E-state index contributed by atoms with van der Waals surface area (Å²) in [6.45, 7) is 2.89. The number of hydrogen-bond donors (Lipinski definition) is 0. The van der Waals surface area contributed by atoms with Crippen LogP contribution in [0.5, 0.6) is 0 Å². The van der Waals surface area contributed by atoms with Crippen LogP contribution in [0.1, 0.15) is 45.2 Å². The zero-order chi connectivity index (χ0) is 20.0. The minimum absolute atomic E-state index is 0.193. The van der Waals surface area contributed by atoms with Crippen LogP contribution in [0.25, 0.3) is 10.1 Å². The van der Waals surface area contributed by atoms with E-state index in [2.05, 4.69) is 9.27 Å². The molecule has 5 nitrogen and oxygen atoms in total. The largest absolute Gasteiger partial charge is 0.302 e. The van der Waals surface area contributed by atoms with E-state index in [-0.39, 0.29) is 17.6 Å². The number of likely N-dealkylation sites (tertiary alicyclic amines) is 1. The van der Waals surface area contributed by atoms with Gasteiger partial charge >= 0.3 is 0 Å². The summed E-state index contributed by atoms with van der Waals surface area (Å²) in [6, 6.07) is 11.9. The summed E-state index contributed by atoms with van der Waals surface area (Å²) >= 11 is 1.36. The average molecular weight is 409 g/mol. The average Bonchev–Trinajstić information content (AvgIpc) is 3.26. The minimum Gasteiger partial charge on any atom is -0.302 e. The molecule has 5 rings (SSSR count). The lowest BCUT2D eigenvalue weighted by atomic mass is 9.91. The van der Waals surface area contributed by atoms with E-state index in [4.69, 9.17) is 0 Å². The predicted octanol–water partition coefficient (Wildman–Crippen LogP) is 3.91. The second-order valence-corrected chi connectivity index (χ2v) is 8.44. The first-order valence-electron chi connectivity index (χ1n) is 9.84. The van der Waals surface area contributed by atoms with Crippen molar-refractivity contribution < 1.29 is 14.0 Å². The van der Waals surface area contributed by atoms with Crippen molar-refractivity contribution in [1.29, 1.82) is 0 Å². The summed E-state index contributed by atoms with van der Waals surface area (Å²) in [4.78, 5) is 28.6. The van der Waals surface area contributed by atoms with Gasteiger partial charge < -0.3 is 4.90 Å². The summed E-state index contributed by atoms with van der Waals surface area (Å²) < 4.78 is 18.9. The quantitative estimate of drug-likeness (QED) is 0.613. The Labute approximate surface area is 171 Å². The van der Waals surface area contributed by atoms with Gasteiger partial charge in [-0.2, -0.15) is 4.37 Å².